The van der Waals surface area contributed by atoms with Gasteiger partial charge in [-0.3, -0.25) is 4.90 Å². The van der Waals surface area contributed by atoms with E-state index in [-0.39, 0.29) is 11.1 Å². The lowest BCUT2D eigenvalue weighted by atomic mass is 10.2. The van der Waals surface area contributed by atoms with Gasteiger partial charge < -0.3 is 4.90 Å². The summed E-state index contributed by atoms with van der Waals surface area (Å²) in [7, 11) is -3.60. The molecule has 1 atom stereocenters. The van der Waals surface area contributed by atoms with Crippen molar-refractivity contribution in [2.75, 3.05) is 31.1 Å². The maximum absolute atomic E-state index is 12.8. The summed E-state index contributed by atoms with van der Waals surface area (Å²) in [5, 5.41) is 1.70. The second kappa shape index (κ2) is 8.57. The lowest BCUT2D eigenvalue weighted by Gasteiger charge is -2.39. The van der Waals surface area contributed by atoms with E-state index in [2.05, 4.69) is 31.0 Å². The predicted octanol–water partition coefficient (Wildman–Crippen LogP) is 3.79. The molecule has 1 saturated heterocycles. The van der Waals surface area contributed by atoms with Gasteiger partial charge in [-0.25, -0.2) is 8.42 Å². The van der Waals surface area contributed by atoms with E-state index in [0.29, 0.717) is 11.4 Å². The minimum absolute atomic E-state index is 0.230. The standard InChI is InChI=1S/C20H23ClN4O2S2/c1-2-19(23-29(26,27)16-9-7-15(21)8-10-16)24-11-13-25(14-12-24)20-17-5-3-4-6-18(17)28-22-20/h3-10,19,23H,2,11-14H2,1H3. The Morgan fingerprint density at radius 3 is 2.48 bits per heavy atom. The molecule has 1 fully saturated rings. The number of aromatic nitrogens is 1. The maximum Gasteiger partial charge on any atom is 0.241 e. The third-order valence-electron chi connectivity index (χ3n) is 5.21. The van der Waals surface area contributed by atoms with E-state index in [9.17, 15) is 8.42 Å². The van der Waals surface area contributed by atoms with Crippen molar-refractivity contribution in [3.05, 3.63) is 53.6 Å². The molecule has 3 aromatic rings. The SMILES string of the molecule is CCC(NS(=O)(=O)c1ccc(Cl)cc1)N1CCN(c2nsc3ccccc23)CC1. The van der Waals surface area contributed by atoms with Crippen LogP contribution in [-0.4, -0.2) is 50.0 Å². The molecular formula is C20H23ClN4O2S2. The number of nitrogens with one attached hydrogen (secondary N) is 1. The summed E-state index contributed by atoms with van der Waals surface area (Å²) in [4.78, 5) is 4.71. The van der Waals surface area contributed by atoms with Gasteiger partial charge in [0, 0.05) is 36.6 Å². The molecule has 0 bridgehead atoms. The fourth-order valence-corrected chi connectivity index (χ4v) is 5.85. The van der Waals surface area contributed by atoms with Crippen LogP contribution in [0.1, 0.15) is 13.3 Å². The number of sulfonamides is 1. The second-order valence-electron chi connectivity index (χ2n) is 7.02. The highest BCUT2D eigenvalue weighted by Crippen LogP contribution is 2.30. The number of rotatable bonds is 6. The molecule has 2 aromatic carbocycles. The molecule has 4 rings (SSSR count). The van der Waals surface area contributed by atoms with Crippen molar-refractivity contribution in [1.29, 1.82) is 0 Å². The summed E-state index contributed by atoms with van der Waals surface area (Å²) in [5.74, 6) is 1.03. The average Bonchev–Trinajstić information content (AvgIpc) is 3.17. The largest absolute Gasteiger partial charge is 0.353 e. The molecule has 1 aromatic heterocycles. The number of fused-ring (bicyclic) bond motifs is 1. The molecule has 0 saturated carbocycles. The van der Waals surface area contributed by atoms with Gasteiger partial charge in [-0.1, -0.05) is 30.7 Å². The van der Waals surface area contributed by atoms with Crippen LogP contribution in [-0.2, 0) is 10.0 Å². The molecule has 0 spiro atoms. The fourth-order valence-electron chi connectivity index (χ4n) is 3.62. The van der Waals surface area contributed by atoms with Gasteiger partial charge in [0.05, 0.1) is 15.8 Å². The number of benzene rings is 2. The van der Waals surface area contributed by atoms with Crippen LogP contribution in [0.3, 0.4) is 0 Å². The van der Waals surface area contributed by atoms with Gasteiger partial charge in [0.1, 0.15) is 5.82 Å². The van der Waals surface area contributed by atoms with E-state index in [4.69, 9.17) is 11.6 Å². The Labute approximate surface area is 180 Å². The highest BCUT2D eigenvalue weighted by molar-refractivity contribution is 7.89. The van der Waals surface area contributed by atoms with Crippen molar-refractivity contribution >= 4 is 49.1 Å². The molecule has 1 N–H and O–H groups in total. The Morgan fingerprint density at radius 1 is 1.10 bits per heavy atom. The smallest absolute Gasteiger partial charge is 0.241 e. The van der Waals surface area contributed by atoms with Gasteiger partial charge >= 0.3 is 0 Å². The van der Waals surface area contributed by atoms with Crippen LogP contribution in [0.25, 0.3) is 10.1 Å². The van der Waals surface area contributed by atoms with Gasteiger partial charge in [-0.05, 0) is 54.4 Å². The number of piperazine rings is 1. The van der Waals surface area contributed by atoms with E-state index >= 15 is 0 Å². The number of halogens is 1. The highest BCUT2D eigenvalue weighted by atomic mass is 35.5. The number of nitrogens with zero attached hydrogens (tertiary/aromatic N) is 3. The van der Waals surface area contributed by atoms with Crippen LogP contribution in [0, 0.1) is 0 Å². The molecule has 6 nitrogen and oxygen atoms in total. The van der Waals surface area contributed by atoms with Gasteiger partial charge in [0.15, 0.2) is 0 Å². The van der Waals surface area contributed by atoms with E-state index in [1.807, 2.05) is 19.1 Å². The van der Waals surface area contributed by atoms with Crippen molar-refractivity contribution < 1.29 is 8.42 Å². The Kier molecular flexibility index (Phi) is 6.08. The number of hydrogen-bond acceptors (Lipinski definition) is 6. The van der Waals surface area contributed by atoms with Crippen LogP contribution in [0.4, 0.5) is 5.82 Å². The molecule has 1 aliphatic heterocycles. The molecule has 9 heteroatoms. The second-order valence-corrected chi connectivity index (χ2v) is 9.98. The summed E-state index contributed by atoms with van der Waals surface area (Å²) in [6.45, 7) is 5.16. The summed E-state index contributed by atoms with van der Waals surface area (Å²) < 4.78 is 34.2. The van der Waals surface area contributed by atoms with E-state index in [1.165, 1.54) is 33.8 Å². The van der Waals surface area contributed by atoms with Crippen LogP contribution >= 0.6 is 23.1 Å². The molecule has 29 heavy (non-hydrogen) atoms. The monoisotopic (exact) mass is 450 g/mol. The minimum Gasteiger partial charge on any atom is -0.353 e. The zero-order chi connectivity index (χ0) is 20.4. The Hall–Kier alpha value is -1.71. The molecule has 154 valence electrons. The normalized spacial score (nSPS) is 17.0. The fraction of sp³-hybridized carbons (Fsp3) is 0.350. The Balaban J connectivity index is 1.43. The topological polar surface area (TPSA) is 65.5 Å². The molecule has 2 heterocycles. The first-order valence-electron chi connectivity index (χ1n) is 9.59. The molecule has 0 aliphatic carbocycles. The quantitative estimate of drug-likeness (QED) is 0.619. The maximum atomic E-state index is 12.8. The van der Waals surface area contributed by atoms with Crippen LogP contribution < -0.4 is 9.62 Å². The van der Waals surface area contributed by atoms with Crippen LogP contribution in [0.15, 0.2) is 53.4 Å². The van der Waals surface area contributed by atoms with Crippen molar-refractivity contribution in [2.45, 2.75) is 24.4 Å². The molecule has 0 amide bonds. The average molecular weight is 451 g/mol. The molecule has 0 radical (unpaired) electrons. The van der Waals surface area contributed by atoms with Gasteiger partial charge in [0.2, 0.25) is 10.0 Å². The lowest BCUT2D eigenvalue weighted by Crippen LogP contribution is -2.55. The van der Waals surface area contributed by atoms with E-state index in [0.717, 1.165) is 32.0 Å². The Morgan fingerprint density at radius 2 is 1.79 bits per heavy atom. The molecule has 1 unspecified atom stereocenters. The first-order chi connectivity index (χ1) is 14.0. The summed E-state index contributed by atoms with van der Waals surface area (Å²) in [6, 6.07) is 14.5. The molecule has 1 aliphatic rings. The van der Waals surface area contributed by atoms with E-state index < -0.39 is 10.0 Å². The number of anilines is 1. The van der Waals surface area contributed by atoms with Crippen molar-refractivity contribution in [3.8, 4) is 0 Å². The lowest BCUT2D eigenvalue weighted by molar-refractivity contribution is 0.170. The third-order valence-corrected chi connectivity index (χ3v) is 7.76. The summed E-state index contributed by atoms with van der Waals surface area (Å²) >= 11 is 7.40. The third kappa shape index (κ3) is 4.41. The zero-order valence-corrected chi connectivity index (χ0v) is 18.5. The van der Waals surface area contributed by atoms with Crippen LogP contribution in [0.2, 0.25) is 5.02 Å². The van der Waals surface area contributed by atoms with Crippen molar-refractivity contribution in [2.24, 2.45) is 0 Å². The first-order valence-corrected chi connectivity index (χ1v) is 12.2. The zero-order valence-electron chi connectivity index (χ0n) is 16.1. The van der Waals surface area contributed by atoms with Crippen molar-refractivity contribution in [3.63, 3.8) is 0 Å². The predicted molar refractivity (Wildman–Crippen MR) is 119 cm³/mol. The highest BCUT2D eigenvalue weighted by Gasteiger charge is 2.28. The molecular weight excluding hydrogens is 428 g/mol. The van der Waals surface area contributed by atoms with Gasteiger partial charge in [-0.15, -0.1) is 0 Å². The van der Waals surface area contributed by atoms with Gasteiger partial charge in [-0.2, -0.15) is 9.10 Å². The summed E-state index contributed by atoms with van der Waals surface area (Å²) in [6.07, 6.45) is 0.442. The van der Waals surface area contributed by atoms with Crippen molar-refractivity contribution in [1.82, 2.24) is 14.0 Å². The first kappa shape index (κ1) is 20.6. The van der Waals surface area contributed by atoms with Crippen LogP contribution in [0.5, 0.6) is 0 Å². The number of hydrogen-bond donors (Lipinski definition) is 1. The van der Waals surface area contributed by atoms with E-state index in [1.54, 1.807) is 12.1 Å². The summed E-state index contributed by atoms with van der Waals surface area (Å²) in [5.41, 5.74) is 0. The minimum atomic E-state index is -3.60. The van der Waals surface area contributed by atoms with Gasteiger partial charge in [0.25, 0.3) is 0 Å². The Bertz CT molecular complexity index is 1080.